The summed E-state index contributed by atoms with van der Waals surface area (Å²) in [7, 11) is 0. The summed E-state index contributed by atoms with van der Waals surface area (Å²) in [6.07, 6.45) is 0. The van der Waals surface area contributed by atoms with Gasteiger partial charge in [-0.25, -0.2) is 4.79 Å². The minimum absolute atomic E-state index is 0.0132. The van der Waals surface area contributed by atoms with Crippen LogP contribution in [-0.2, 0) is 0 Å². The van der Waals surface area contributed by atoms with Crippen LogP contribution in [0.1, 0.15) is 6.92 Å². The summed E-state index contributed by atoms with van der Waals surface area (Å²) in [5.74, 6) is 0. The molecule has 2 aliphatic rings. The monoisotopic (exact) mass is 155 g/mol. The van der Waals surface area contributed by atoms with Gasteiger partial charge in [-0.1, -0.05) is 6.92 Å². The van der Waals surface area contributed by atoms with Crippen molar-refractivity contribution in [3.05, 3.63) is 0 Å². The summed E-state index contributed by atoms with van der Waals surface area (Å²) in [5, 5.41) is 5.72. The summed E-state index contributed by atoms with van der Waals surface area (Å²) in [6, 6.07) is -0.0132. The maximum atomic E-state index is 10.8. The highest BCUT2D eigenvalue weighted by molar-refractivity contribution is 5.78. The molecule has 0 radical (unpaired) electrons. The molecule has 0 saturated carbocycles. The van der Waals surface area contributed by atoms with E-state index in [1.807, 2.05) is 0 Å². The van der Waals surface area contributed by atoms with Gasteiger partial charge in [0.05, 0.1) is 5.54 Å². The Morgan fingerprint density at radius 3 is 2.82 bits per heavy atom. The molecule has 11 heavy (non-hydrogen) atoms. The average Bonchev–Trinajstić information content (AvgIpc) is 2.28. The molecule has 0 aromatic heterocycles. The summed E-state index contributed by atoms with van der Waals surface area (Å²) in [6.45, 7) is 6.02. The van der Waals surface area contributed by atoms with Crippen LogP contribution in [0.2, 0.25) is 0 Å². The highest BCUT2D eigenvalue weighted by Crippen LogP contribution is 2.21. The fourth-order valence-corrected chi connectivity index (χ4v) is 1.80. The lowest BCUT2D eigenvalue weighted by Gasteiger charge is -2.46. The Hall–Kier alpha value is -0.770. The molecule has 0 aromatic carbocycles. The van der Waals surface area contributed by atoms with E-state index >= 15 is 0 Å². The van der Waals surface area contributed by atoms with E-state index in [0.717, 1.165) is 26.2 Å². The number of nitrogens with one attached hydrogen (secondary N) is 2. The van der Waals surface area contributed by atoms with E-state index in [-0.39, 0.29) is 11.6 Å². The zero-order valence-corrected chi connectivity index (χ0v) is 6.68. The van der Waals surface area contributed by atoms with Crippen molar-refractivity contribution >= 4 is 6.03 Å². The lowest BCUT2D eigenvalue weighted by atomic mass is 9.91. The van der Waals surface area contributed by atoms with Gasteiger partial charge >= 0.3 is 6.03 Å². The average molecular weight is 155 g/mol. The molecule has 0 aromatic rings. The fraction of sp³-hybridized carbons (Fsp3) is 0.857. The predicted octanol–water partition coefficient (Wildman–Crippen LogP) is -0.626. The number of carbonyl (C=O) groups is 1. The molecule has 2 N–H and O–H groups in total. The van der Waals surface area contributed by atoms with Crippen LogP contribution in [0.3, 0.4) is 0 Å². The summed E-state index contributed by atoms with van der Waals surface area (Å²) >= 11 is 0. The normalized spacial score (nSPS) is 27.9. The molecule has 0 atom stereocenters. The number of hydrogen-bond donors (Lipinski definition) is 2. The Kier molecular flexibility index (Phi) is 1.32. The second-order valence-corrected chi connectivity index (χ2v) is 3.39. The van der Waals surface area contributed by atoms with Gasteiger partial charge in [0.2, 0.25) is 0 Å². The van der Waals surface area contributed by atoms with Crippen molar-refractivity contribution in [3.8, 4) is 0 Å². The quantitative estimate of drug-likeness (QED) is 0.529. The van der Waals surface area contributed by atoms with Crippen LogP contribution >= 0.6 is 0 Å². The number of likely N-dealkylation sites (tertiary alicyclic amines) is 1. The largest absolute Gasteiger partial charge is 0.336 e. The molecule has 0 aliphatic carbocycles. The van der Waals surface area contributed by atoms with Crippen molar-refractivity contribution < 1.29 is 4.79 Å². The SMILES string of the molecule is CCN1CC2(CNC(=O)N2)C1. The molecule has 0 bridgehead atoms. The Morgan fingerprint density at radius 1 is 1.64 bits per heavy atom. The first kappa shape index (κ1) is 6.91. The maximum Gasteiger partial charge on any atom is 0.315 e. The lowest BCUT2D eigenvalue weighted by molar-refractivity contribution is 0.0725. The van der Waals surface area contributed by atoms with Gasteiger partial charge in [-0.15, -0.1) is 0 Å². The number of nitrogens with zero attached hydrogens (tertiary/aromatic N) is 1. The Labute approximate surface area is 65.9 Å². The van der Waals surface area contributed by atoms with Gasteiger partial charge in [0, 0.05) is 19.6 Å². The fourth-order valence-electron chi connectivity index (χ4n) is 1.80. The lowest BCUT2D eigenvalue weighted by Crippen LogP contribution is -2.68. The highest BCUT2D eigenvalue weighted by Gasteiger charge is 2.46. The number of carbonyl (C=O) groups excluding carboxylic acids is 1. The molecule has 2 amide bonds. The van der Waals surface area contributed by atoms with Gasteiger partial charge in [0.25, 0.3) is 0 Å². The smallest absolute Gasteiger partial charge is 0.315 e. The molecule has 4 heteroatoms. The van der Waals surface area contributed by atoms with Crippen LogP contribution in [0, 0.1) is 0 Å². The summed E-state index contributed by atoms with van der Waals surface area (Å²) in [4.78, 5) is 13.1. The highest BCUT2D eigenvalue weighted by atomic mass is 16.2. The van der Waals surface area contributed by atoms with Crippen molar-refractivity contribution in [3.63, 3.8) is 0 Å². The predicted molar refractivity (Wildman–Crippen MR) is 41.4 cm³/mol. The van der Waals surface area contributed by atoms with Gasteiger partial charge in [-0.3, -0.25) is 4.90 Å². The third kappa shape index (κ3) is 0.976. The molecule has 2 heterocycles. The molecule has 1 spiro atoms. The van der Waals surface area contributed by atoms with E-state index in [1.54, 1.807) is 0 Å². The van der Waals surface area contributed by atoms with Crippen molar-refractivity contribution in [1.82, 2.24) is 15.5 Å². The van der Waals surface area contributed by atoms with Crippen LogP contribution in [0.5, 0.6) is 0 Å². The first-order valence-corrected chi connectivity index (χ1v) is 4.02. The van der Waals surface area contributed by atoms with Gasteiger partial charge in [0.15, 0.2) is 0 Å². The van der Waals surface area contributed by atoms with Crippen LogP contribution in [0.15, 0.2) is 0 Å². The standard InChI is InChI=1S/C7H13N3O/c1-2-10-4-7(5-10)3-8-6(11)9-7/h2-5H2,1H3,(H2,8,9,11). The van der Waals surface area contributed by atoms with Gasteiger partial charge in [0.1, 0.15) is 0 Å². The minimum Gasteiger partial charge on any atom is -0.336 e. The van der Waals surface area contributed by atoms with Gasteiger partial charge in [-0.2, -0.15) is 0 Å². The molecular weight excluding hydrogens is 142 g/mol. The van der Waals surface area contributed by atoms with E-state index in [2.05, 4.69) is 22.5 Å². The van der Waals surface area contributed by atoms with Crippen LogP contribution in [0.25, 0.3) is 0 Å². The summed E-state index contributed by atoms with van der Waals surface area (Å²) in [5.41, 5.74) is 0.0765. The number of rotatable bonds is 1. The molecule has 4 nitrogen and oxygen atoms in total. The zero-order chi connectivity index (χ0) is 7.90. The van der Waals surface area contributed by atoms with Crippen molar-refractivity contribution in [2.75, 3.05) is 26.2 Å². The molecule has 2 rings (SSSR count). The Morgan fingerprint density at radius 2 is 2.36 bits per heavy atom. The van der Waals surface area contributed by atoms with Crippen molar-refractivity contribution in [1.29, 1.82) is 0 Å². The number of hydrogen-bond acceptors (Lipinski definition) is 2. The Bertz CT molecular complexity index is 186. The van der Waals surface area contributed by atoms with Gasteiger partial charge in [-0.05, 0) is 6.54 Å². The van der Waals surface area contributed by atoms with Crippen LogP contribution in [0.4, 0.5) is 4.79 Å². The first-order valence-electron chi connectivity index (χ1n) is 4.02. The Balaban J connectivity index is 1.92. The minimum atomic E-state index is -0.0132. The van der Waals surface area contributed by atoms with E-state index in [1.165, 1.54) is 0 Å². The molecule has 2 aliphatic heterocycles. The second-order valence-electron chi connectivity index (χ2n) is 3.39. The third-order valence-electron chi connectivity index (χ3n) is 2.47. The maximum absolute atomic E-state index is 10.8. The number of urea groups is 1. The van der Waals surface area contributed by atoms with Crippen LogP contribution in [-0.4, -0.2) is 42.6 Å². The van der Waals surface area contributed by atoms with E-state index in [0.29, 0.717) is 0 Å². The molecule has 62 valence electrons. The topological polar surface area (TPSA) is 44.4 Å². The summed E-state index contributed by atoms with van der Waals surface area (Å²) < 4.78 is 0. The van der Waals surface area contributed by atoms with E-state index in [4.69, 9.17) is 0 Å². The van der Waals surface area contributed by atoms with Crippen LogP contribution < -0.4 is 10.6 Å². The van der Waals surface area contributed by atoms with E-state index in [9.17, 15) is 4.79 Å². The number of amides is 2. The molecule has 0 unspecified atom stereocenters. The molecule has 2 saturated heterocycles. The van der Waals surface area contributed by atoms with Crippen molar-refractivity contribution in [2.24, 2.45) is 0 Å². The zero-order valence-electron chi connectivity index (χ0n) is 6.68. The molecule has 2 fully saturated rings. The first-order chi connectivity index (χ1) is 5.24. The van der Waals surface area contributed by atoms with E-state index < -0.39 is 0 Å². The van der Waals surface area contributed by atoms with Crippen molar-refractivity contribution in [2.45, 2.75) is 12.5 Å². The third-order valence-corrected chi connectivity index (χ3v) is 2.47. The molecular formula is C7H13N3O. The number of likely N-dealkylation sites (N-methyl/N-ethyl adjacent to an activating group) is 1. The second kappa shape index (κ2) is 2.11. The van der Waals surface area contributed by atoms with Gasteiger partial charge < -0.3 is 10.6 Å².